The number of hydrogen-bond acceptors (Lipinski definition) is 8. The first-order valence-electron chi connectivity index (χ1n) is 13.6. The van der Waals surface area contributed by atoms with Crippen LogP contribution in [0.25, 0.3) is 5.52 Å². The van der Waals surface area contributed by atoms with E-state index < -0.39 is 11.6 Å². The van der Waals surface area contributed by atoms with Crippen molar-refractivity contribution in [1.82, 2.24) is 40.3 Å². The summed E-state index contributed by atoms with van der Waals surface area (Å²) in [5, 5.41) is 29.4. The number of H-pyrrole nitrogens is 1. The van der Waals surface area contributed by atoms with E-state index in [1.807, 2.05) is 36.2 Å². The van der Waals surface area contributed by atoms with Gasteiger partial charge in [-0.2, -0.15) is 10.1 Å². The topological polar surface area (TPSA) is 173 Å². The number of nitrogens with zero attached hydrogens (tertiary/aromatic N) is 6. The van der Waals surface area contributed by atoms with Crippen LogP contribution in [0.1, 0.15) is 45.2 Å². The second-order valence-corrected chi connectivity index (χ2v) is 11.1. The Morgan fingerprint density at radius 3 is 2.48 bits per heavy atom. The SMILES string of the molecule is Cc1cc(Nc2nc(N3CCN(C(=O)C(C)(C)NC(=O)C4CCC(NC(=O)O)CC4)CC3)nn3cccc23)n[nH]1. The van der Waals surface area contributed by atoms with Gasteiger partial charge in [-0.25, -0.2) is 9.31 Å². The highest BCUT2D eigenvalue weighted by Gasteiger charge is 2.37. The maximum absolute atomic E-state index is 13.4. The van der Waals surface area contributed by atoms with Gasteiger partial charge < -0.3 is 30.9 Å². The van der Waals surface area contributed by atoms with Crippen molar-refractivity contribution in [3.63, 3.8) is 0 Å². The van der Waals surface area contributed by atoms with Gasteiger partial charge in [0, 0.05) is 56.1 Å². The fourth-order valence-electron chi connectivity index (χ4n) is 5.40. The van der Waals surface area contributed by atoms with Gasteiger partial charge in [-0.1, -0.05) is 0 Å². The number of amides is 3. The van der Waals surface area contributed by atoms with Crippen molar-refractivity contribution in [3.8, 4) is 0 Å². The molecule has 5 N–H and O–H groups in total. The third-order valence-corrected chi connectivity index (χ3v) is 7.58. The smallest absolute Gasteiger partial charge is 0.404 e. The normalized spacial score (nSPS) is 19.9. The molecule has 214 valence electrons. The molecule has 0 bridgehead atoms. The van der Waals surface area contributed by atoms with Gasteiger partial charge in [0.15, 0.2) is 11.6 Å². The number of fused-ring (bicyclic) bond motifs is 1. The first kappa shape index (κ1) is 27.2. The van der Waals surface area contributed by atoms with Gasteiger partial charge in [0.25, 0.3) is 0 Å². The molecule has 1 saturated heterocycles. The van der Waals surface area contributed by atoms with Gasteiger partial charge in [0.2, 0.25) is 17.8 Å². The van der Waals surface area contributed by atoms with Crippen LogP contribution in [-0.4, -0.2) is 90.5 Å². The number of aryl methyl sites for hydroxylation is 1. The Morgan fingerprint density at radius 2 is 1.82 bits per heavy atom. The van der Waals surface area contributed by atoms with Crippen LogP contribution in [-0.2, 0) is 9.59 Å². The molecule has 40 heavy (non-hydrogen) atoms. The molecular weight excluding hydrogens is 516 g/mol. The van der Waals surface area contributed by atoms with Crippen LogP contribution >= 0.6 is 0 Å². The monoisotopic (exact) mass is 552 g/mol. The van der Waals surface area contributed by atoms with Gasteiger partial charge in [0.05, 0.1) is 0 Å². The number of nitrogens with one attached hydrogen (secondary N) is 4. The molecule has 5 rings (SSSR count). The van der Waals surface area contributed by atoms with E-state index in [4.69, 9.17) is 10.1 Å². The number of rotatable bonds is 7. The Bertz CT molecular complexity index is 1380. The number of aromatic amines is 1. The summed E-state index contributed by atoms with van der Waals surface area (Å²) in [5.41, 5.74) is 0.695. The van der Waals surface area contributed by atoms with Crippen molar-refractivity contribution in [1.29, 1.82) is 0 Å². The first-order valence-corrected chi connectivity index (χ1v) is 13.6. The van der Waals surface area contributed by atoms with Crippen molar-refractivity contribution < 1.29 is 19.5 Å². The number of aromatic nitrogens is 5. The van der Waals surface area contributed by atoms with E-state index in [9.17, 15) is 14.4 Å². The fourth-order valence-corrected chi connectivity index (χ4v) is 5.40. The number of anilines is 3. The maximum atomic E-state index is 13.4. The Hall–Kier alpha value is -4.36. The molecule has 14 heteroatoms. The van der Waals surface area contributed by atoms with E-state index in [0.29, 0.717) is 69.4 Å². The van der Waals surface area contributed by atoms with Crippen LogP contribution in [0.3, 0.4) is 0 Å². The molecule has 1 saturated carbocycles. The van der Waals surface area contributed by atoms with Crippen LogP contribution in [0.15, 0.2) is 24.4 Å². The fraction of sp³-hybridized carbons (Fsp3) is 0.538. The Labute approximate surface area is 231 Å². The third kappa shape index (κ3) is 5.95. The van der Waals surface area contributed by atoms with Crippen molar-refractivity contribution >= 4 is 41.0 Å². The maximum Gasteiger partial charge on any atom is 0.404 e. The number of carbonyl (C=O) groups excluding carboxylic acids is 2. The van der Waals surface area contributed by atoms with Crippen LogP contribution in [0.4, 0.5) is 22.4 Å². The molecule has 1 aliphatic carbocycles. The first-order chi connectivity index (χ1) is 19.1. The van der Waals surface area contributed by atoms with Crippen molar-refractivity contribution in [2.45, 2.75) is 58.0 Å². The molecule has 0 spiro atoms. The minimum absolute atomic E-state index is 0.129. The average Bonchev–Trinajstić information content (AvgIpc) is 3.57. The minimum Gasteiger partial charge on any atom is -0.465 e. The largest absolute Gasteiger partial charge is 0.465 e. The predicted molar refractivity (Wildman–Crippen MR) is 148 cm³/mol. The molecule has 2 aliphatic rings. The zero-order valence-electron chi connectivity index (χ0n) is 23.0. The average molecular weight is 553 g/mol. The highest BCUT2D eigenvalue weighted by Crippen LogP contribution is 2.26. The van der Waals surface area contributed by atoms with E-state index in [1.165, 1.54) is 0 Å². The number of carboxylic acid groups (broad SMARTS) is 1. The van der Waals surface area contributed by atoms with Crippen LogP contribution in [0.2, 0.25) is 0 Å². The highest BCUT2D eigenvalue weighted by atomic mass is 16.4. The summed E-state index contributed by atoms with van der Waals surface area (Å²) in [5.74, 6) is 1.31. The van der Waals surface area contributed by atoms with Crippen LogP contribution in [0, 0.1) is 12.8 Å². The molecule has 1 aliphatic heterocycles. The lowest BCUT2D eigenvalue weighted by Gasteiger charge is -2.39. The molecule has 4 heterocycles. The lowest BCUT2D eigenvalue weighted by atomic mass is 9.85. The van der Waals surface area contributed by atoms with Gasteiger partial charge in [-0.05, 0) is 58.6 Å². The molecule has 0 radical (unpaired) electrons. The van der Waals surface area contributed by atoms with Crippen molar-refractivity contribution in [2.75, 3.05) is 36.4 Å². The summed E-state index contributed by atoms with van der Waals surface area (Å²) in [6.45, 7) is 7.42. The minimum atomic E-state index is -1.06. The standard InChI is InChI=1S/C26H36N10O4/c1-16-15-20(32-31-16)28-21-19-5-4-10-36(19)33-24(29-21)35-13-11-34(12-14-35)23(38)26(2,3)30-22(37)17-6-8-18(9-7-17)27-25(39)40/h4-5,10,15,17-18,27H,6-9,11-14H2,1-3H3,(H,30,37)(H,39,40)(H2,28,29,31,32,33). The Balaban J connectivity index is 1.18. The van der Waals surface area contributed by atoms with Gasteiger partial charge in [-0.3, -0.25) is 14.7 Å². The van der Waals surface area contributed by atoms with E-state index >= 15 is 0 Å². The molecule has 3 amide bonds. The Kier molecular flexibility index (Phi) is 7.50. The third-order valence-electron chi connectivity index (χ3n) is 7.58. The van der Waals surface area contributed by atoms with Crippen LogP contribution in [0.5, 0.6) is 0 Å². The lowest BCUT2D eigenvalue weighted by Crippen LogP contribution is -2.60. The molecule has 2 fully saturated rings. The summed E-state index contributed by atoms with van der Waals surface area (Å²) < 4.78 is 1.77. The van der Waals surface area contributed by atoms with E-state index in [2.05, 4.69) is 31.2 Å². The number of carbonyl (C=O) groups is 3. The Morgan fingerprint density at radius 1 is 1.10 bits per heavy atom. The van der Waals surface area contributed by atoms with Gasteiger partial charge >= 0.3 is 6.09 Å². The zero-order valence-corrected chi connectivity index (χ0v) is 23.0. The molecule has 3 aromatic heterocycles. The van der Waals surface area contributed by atoms with E-state index in [1.54, 1.807) is 23.3 Å². The molecule has 0 unspecified atom stereocenters. The van der Waals surface area contributed by atoms with Crippen molar-refractivity contribution in [3.05, 3.63) is 30.1 Å². The molecule has 3 aromatic rings. The summed E-state index contributed by atoms with van der Waals surface area (Å²) in [4.78, 5) is 45.8. The highest BCUT2D eigenvalue weighted by molar-refractivity contribution is 5.91. The lowest BCUT2D eigenvalue weighted by molar-refractivity contribution is -0.142. The van der Waals surface area contributed by atoms with Crippen molar-refractivity contribution in [2.24, 2.45) is 5.92 Å². The number of hydrogen-bond donors (Lipinski definition) is 5. The van der Waals surface area contributed by atoms with Gasteiger partial charge in [-0.15, -0.1) is 5.10 Å². The zero-order chi connectivity index (χ0) is 28.4. The summed E-state index contributed by atoms with van der Waals surface area (Å²) >= 11 is 0. The summed E-state index contributed by atoms with van der Waals surface area (Å²) in [7, 11) is 0. The van der Waals surface area contributed by atoms with Crippen LogP contribution < -0.4 is 20.9 Å². The summed E-state index contributed by atoms with van der Waals surface area (Å²) in [6, 6.07) is 5.60. The van der Waals surface area contributed by atoms with Gasteiger partial charge in [0.1, 0.15) is 11.1 Å². The quantitative estimate of drug-likeness (QED) is 0.293. The predicted octanol–water partition coefficient (Wildman–Crippen LogP) is 1.87. The van der Waals surface area contributed by atoms with E-state index in [0.717, 1.165) is 11.2 Å². The molecule has 14 nitrogen and oxygen atoms in total. The molecular formula is C26H36N10O4. The van der Waals surface area contributed by atoms with E-state index in [-0.39, 0.29) is 23.8 Å². The number of piperazine rings is 1. The second kappa shape index (κ2) is 11.0. The second-order valence-electron chi connectivity index (χ2n) is 11.1. The summed E-state index contributed by atoms with van der Waals surface area (Å²) in [6.07, 6.45) is 3.20. The molecule has 0 atom stereocenters. The molecule has 0 aromatic carbocycles.